The molecule has 178 valence electrons. The van der Waals surface area contributed by atoms with E-state index in [-0.39, 0.29) is 28.9 Å². The monoisotopic (exact) mass is 450 g/mol. The fourth-order valence-electron chi connectivity index (χ4n) is 7.81. The normalized spacial score (nSPS) is 39.2. The van der Waals surface area contributed by atoms with Gasteiger partial charge in [0.05, 0.1) is 5.69 Å². The highest BCUT2D eigenvalue weighted by molar-refractivity contribution is 6.05. The summed E-state index contributed by atoms with van der Waals surface area (Å²) in [4.78, 5) is 25.2. The molecule has 4 aliphatic carbocycles. The van der Waals surface area contributed by atoms with E-state index in [1.165, 1.54) is 12.5 Å². The number of fused-ring (bicyclic) bond motifs is 5. The maximum atomic E-state index is 13.7. The van der Waals surface area contributed by atoms with Crippen LogP contribution in [-0.2, 0) is 14.3 Å². The second-order valence-corrected chi connectivity index (χ2v) is 11.7. The van der Waals surface area contributed by atoms with Crippen molar-refractivity contribution in [3.63, 3.8) is 0 Å². The summed E-state index contributed by atoms with van der Waals surface area (Å²) in [6.45, 7) is 10.4. The summed E-state index contributed by atoms with van der Waals surface area (Å²) in [7, 11) is 0. The van der Waals surface area contributed by atoms with Gasteiger partial charge in [0.2, 0.25) is 0 Å². The molecule has 5 nitrogen and oxygen atoms in total. The molecule has 0 amide bonds. The van der Waals surface area contributed by atoms with Crippen LogP contribution in [0.5, 0.6) is 0 Å². The fraction of sp³-hybridized carbons (Fsp3) is 0.679. The van der Waals surface area contributed by atoms with Gasteiger partial charge in [-0.05, 0) is 93.3 Å². The van der Waals surface area contributed by atoms with Crippen molar-refractivity contribution in [3.8, 4) is 0 Å². The number of rotatable bonds is 3. The van der Waals surface area contributed by atoms with E-state index in [1.807, 2.05) is 16.9 Å². The van der Waals surface area contributed by atoms with Crippen LogP contribution in [0.15, 0.2) is 29.5 Å². The highest BCUT2D eigenvalue weighted by atomic mass is 16.5. The van der Waals surface area contributed by atoms with Crippen LogP contribution in [-0.4, -0.2) is 27.6 Å². The first kappa shape index (κ1) is 22.6. The summed E-state index contributed by atoms with van der Waals surface area (Å²) in [6.07, 6.45) is 13.4. The number of allylic oxidation sites excluding steroid dienone is 2. The van der Waals surface area contributed by atoms with Gasteiger partial charge in [0.15, 0.2) is 5.78 Å². The van der Waals surface area contributed by atoms with Crippen LogP contribution in [0.4, 0.5) is 0 Å². The molecule has 0 saturated heterocycles. The summed E-state index contributed by atoms with van der Waals surface area (Å²) in [6, 6.07) is 2.29. The first-order valence-electron chi connectivity index (χ1n) is 12.8. The number of Topliss-reactive ketones (excluding diaryl/α,β-unsaturated/α-hetero) is 1. The molecule has 6 atom stereocenters. The average Bonchev–Trinajstić information content (AvgIpc) is 3.32. The van der Waals surface area contributed by atoms with Crippen molar-refractivity contribution in [3.05, 3.63) is 35.2 Å². The molecule has 6 unspecified atom stereocenters. The number of carbonyl (C=O) groups is 2. The van der Waals surface area contributed by atoms with E-state index in [0.717, 1.165) is 56.2 Å². The molecular formula is C28H38N2O3. The van der Waals surface area contributed by atoms with Crippen molar-refractivity contribution in [2.24, 2.45) is 28.6 Å². The molecule has 1 heterocycles. The van der Waals surface area contributed by atoms with Crippen LogP contribution in [0, 0.1) is 28.6 Å². The quantitative estimate of drug-likeness (QED) is 0.326. The number of ether oxygens (including phenoxy) is 1. The molecule has 1 aromatic rings. The highest BCUT2D eigenvalue weighted by Crippen LogP contribution is 2.64. The van der Waals surface area contributed by atoms with E-state index in [4.69, 9.17) is 4.74 Å². The van der Waals surface area contributed by atoms with Gasteiger partial charge in [-0.15, -0.1) is 0 Å². The summed E-state index contributed by atoms with van der Waals surface area (Å²) >= 11 is 0. The summed E-state index contributed by atoms with van der Waals surface area (Å²) in [5, 5.41) is 4.46. The summed E-state index contributed by atoms with van der Waals surface area (Å²) < 4.78 is 7.58. The Labute approximate surface area is 197 Å². The Hall–Kier alpha value is -2.17. The zero-order chi connectivity index (χ0) is 23.5. The molecule has 33 heavy (non-hydrogen) atoms. The molecule has 0 spiro atoms. The predicted molar refractivity (Wildman–Crippen MR) is 128 cm³/mol. The van der Waals surface area contributed by atoms with Crippen molar-refractivity contribution >= 4 is 17.8 Å². The van der Waals surface area contributed by atoms with Gasteiger partial charge in [-0.1, -0.05) is 25.5 Å². The van der Waals surface area contributed by atoms with Crippen LogP contribution >= 0.6 is 0 Å². The second kappa shape index (κ2) is 7.95. The fourth-order valence-corrected chi connectivity index (χ4v) is 7.81. The van der Waals surface area contributed by atoms with E-state index in [2.05, 4.69) is 44.9 Å². The number of hydrogen-bond donors (Lipinski definition) is 0. The SMILES string of the molecule is CC(=O)OC1CCC2(C)C(=CCC3C4CC(=Cc5ccnn5C(C)C)C(=O)C4(C)CCC32)C1. The summed E-state index contributed by atoms with van der Waals surface area (Å²) in [5.74, 6) is 1.76. The standard InChI is InChI=1S/C28H38N2O3/c1-17(2)30-21(10-13-29-30)14-19-15-25-23-7-6-20-16-22(33-18(3)31)8-11-27(20,4)24(23)9-12-28(25,5)26(19)32/h6,10,13-14,17,22-25H,7-9,11-12,15-16H2,1-5H3. The van der Waals surface area contributed by atoms with Crippen LogP contribution < -0.4 is 0 Å². The Morgan fingerprint density at radius 2 is 1.94 bits per heavy atom. The van der Waals surface area contributed by atoms with Gasteiger partial charge in [-0.2, -0.15) is 5.10 Å². The minimum Gasteiger partial charge on any atom is -0.462 e. The van der Waals surface area contributed by atoms with E-state index < -0.39 is 0 Å². The zero-order valence-electron chi connectivity index (χ0n) is 20.8. The maximum absolute atomic E-state index is 13.7. The third-order valence-corrected chi connectivity index (χ3v) is 9.54. The number of hydrogen-bond acceptors (Lipinski definition) is 4. The number of ketones is 1. The summed E-state index contributed by atoms with van der Waals surface area (Å²) in [5.41, 5.74) is 3.45. The Balaban J connectivity index is 1.43. The van der Waals surface area contributed by atoms with Crippen LogP contribution in [0.1, 0.15) is 91.3 Å². The number of aromatic nitrogens is 2. The Morgan fingerprint density at radius 3 is 2.67 bits per heavy atom. The van der Waals surface area contributed by atoms with E-state index in [9.17, 15) is 9.59 Å². The minimum atomic E-state index is -0.244. The molecule has 0 bridgehead atoms. The lowest BCUT2D eigenvalue weighted by Gasteiger charge is -2.56. The molecule has 0 radical (unpaired) electrons. The lowest BCUT2D eigenvalue weighted by molar-refractivity contribution is -0.148. The maximum Gasteiger partial charge on any atom is 0.302 e. The van der Waals surface area contributed by atoms with Crippen LogP contribution in [0.25, 0.3) is 6.08 Å². The van der Waals surface area contributed by atoms with Crippen LogP contribution in [0.3, 0.4) is 0 Å². The Bertz CT molecular complexity index is 1030. The zero-order valence-corrected chi connectivity index (χ0v) is 20.8. The molecule has 3 saturated carbocycles. The van der Waals surface area contributed by atoms with E-state index >= 15 is 0 Å². The molecule has 3 fully saturated rings. The molecule has 5 heteroatoms. The van der Waals surface area contributed by atoms with Crippen molar-refractivity contribution in [1.82, 2.24) is 9.78 Å². The van der Waals surface area contributed by atoms with E-state index in [1.54, 1.807) is 0 Å². The van der Waals surface area contributed by atoms with Gasteiger partial charge in [0, 0.05) is 31.0 Å². The molecule has 4 aliphatic rings. The lowest BCUT2D eigenvalue weighted by Crippen LogP contribution is -2.50. The topological polar surface area (TPSA) is 61.2 Å². The number of nitrogens with zero attached hydrogens (tertiary/aromatic N) is 2. The number of carbonyl (C=O) groups excluding carboxylic acids is 2. The van der Waals surface area contributed by atoms with Gasteiger partial charge in [-0.3, -0.25) is 14.3 Å². The molecule has 0 aliphatic heterocycles. The van der Waals surface area contributed by atoms with Crippen LogP contribution in [0.2, 0.25) is 0 Å². The molecule has 1 aromatic heterocycles. The van der Waals surface area contributed by atoms with E-state index in [0.29, 0.717) is 23.5 Å². The molecule has 0 aromatic carbocycles. The van der Waals surface area contributed by atoms with Gasteiger partial charge in [0.1, 0.15) is 6.10 Å². The van der Waals surface area contributed by atoms with Crippen molar-refractivity contribution in [1.29, 1.82) is 0 Å². The smallest absolute Gasteiger partial charge is 0.302 e. The average molecular weight is 451 g/mol. The first-order valence-corrected chi connectivity index (χ1v) is 12.8. The van der Waals surface area contributed by atoms with Gasteiger partial charge < -0.3 is 4.74 Å². The third-order valence-electron chi connectivity index (χ3n) is 9.54. The lowest BCUT2D eigenvalue weighted by atomic mass is 9.48. The van der Waals surface area contributed by atoms with Crippen molar-refractivity contribution < 1.29 is 14.3 Å². The highest BCUT2D eigenvalue weighted by Gasteiger charge is 2.60. The third kappa shape index (κ3) is 3.54. The van der Waals surface area contributed by atoms with Gasteiger partial charge in [-0.25, -0.2) is 0 Å². The van der Waals surface area contributed by atoms with Crippen molar-refractivity contribution in [2.75, 3.05) is 0 Å². The van der Waals surface area contributed by atoms with Crippen molar-refractivity contribution in [2.45, 2.75) is 91.7 Å². The largest absolute Gasteiger partial charge is 0.462 e. The van der Waals surface area contributed by atoms with Gasteiger partial charge in [0.25, 0.3) is 0 Å². The molecular weight excluding hydrogens is 412 g/mol. The molecule has 0 N–H and O–H groups in total. The predicted octanol–water partition coefficient (Wildman–Crippen LogP) is 5.92. The van der Waals surface area contributed by atoms with Gasteiger partial charge >= 0.3 is 5.97 Å². The first-order chi connectivity index (χ1) is 15.6. The molecule has 5 rings (SSSR count). The Kier molecular flexibility index (Phi) is 5.45. The minimum absolute atomic E-state index is 0.0284. The number of esters is 1. The Morgan fingerprint density at radius 1 is 1.18 bits per heavy atom. The second-order valence-electron chi connectivity index (χ2n) is 11.7.